The molecule has 0 atom stereocenters. The second kappa shape index (κ2) is 6.63. The first-order valence-corrected chi connectivity index (χ1v) is 6.70. The van der Waals surface area contributed by atoms with Gasteiger partial charge in [0.1, 0.15) is 0 Å². The zero-order valence-corrected chi connectivity index (χ0v) is 11.7. The van der Waals surface area contributed by atoms with Gasteiger partial charge in [0, 0.05) is 17.4 Å². The number of benzene rings is 2. The van der Waals surface area contributed by atoms with Crippen LogP contribution in [0.3, 0.4) is 0 Å². The van der Waals surface area contributed by atoms with Crippen LogP contribution in [0.25, 0.3) is 0 Å². The Balaban J connectivity index is 2.05. The third-order valence-corrected chi connectivity index (χ3v) is 3.33. The molecule has 0 heterocycles. The first-order chi connectivity index (χ1) is 10.0. The SMILES string of the molecule is O=C(CCc1cc(F)c(F)c(F)c1)c1ccc(C=S)cc1. The molecule has 0 saturated heterocycles. The molecule has 0 saturated carbocycles. The van der Waals surface area contributed by atoms with E-state index in [-0.39, 0.29) is 24.2 Å². The summed E-state index contributed by atoms with van der Waals surface area (Å²) in [6.45, 7) is 0. The molecule has 108 valence electrons. The number of carbonyl (C=O) groups is 1. The Morgan fingerprint density at radius 2 is 1.62 bits per heavy atom. The molecule has 0 unspecified atom stereocenters. The fourth-order valence-electron chi connectivity index (χ4n) is 1.90. The van der Waals surface area contributed by atoms with Crippen LogP contribution in [0.4, 0.5) is 13.2 Å². The lowest BCUT2D eigenvalue weighted by Gasteiger charge is -2.04. The third kappa shape index (κ3) is 3.76. The highest BCUT2D eigenvalue weighted by Crippen LogP contribution is 2.16. The number of halogens is 3. The van der Waals surface area contributed by atoms with E-state index in [2.05, 4.69) is 0 Å². The van der Waals surface area contributed by atoms with Gasteiger partial charge in [0.15, 0.2) is 23.2 Å². The van der Waals surface area contributed by atoms with Crippen LogP contribution in [0.15, 0.2) is 36.4 Å². The number of aryl methyl sites for hydroxylation is 1. The van der Waals surface area contributed by atoms with Crippen molar-refractivity contribution in [3.05, 3.63) is 70.5 Å². The molecule has 0 aliphatic carbocycles. The first kappa shape index (κ1) is 15.4. The summed E-state index contributed by atoms with van der Waals surface area (Å²) < 4.78 is 38.9. The van der Waals surface area contributed by atoms with E-state index in [0.29, 0.717) is 5.56 Å². The van der Waals surface area contributed by atoms with Crippen molar-refractivity contribution in [1.29, 1.82) is 0 Å². The summed E-state index contributed by atoms with van der Waals surface area (Å²) in [5.41, 5.74) is 1.57. The summed E-state index contributed by atoms with van der Waals surface area (Å²) in [5, 5.41) is 1.50. The van der Waals surface area contributed by atoms with Gasteiger partial charge in [-0.1, -0.05) is 36.5 Å². The Kier molecular flexibility index (Phi) is 4.85. The molecule has 0 aliphatic rings. The molecule has 0 spiro atoms. The van der Waals surface area contributed by atoms with Crippen LogP contribution < -0.4 is 0 Å². The maximum atomic E-state index is 13.1. The molecule has 0 amide bonds. The topological polar surface area (TPSA) is 17.1 Å². The number of rotatable bonds is 5. The largest absolute Gasteiger partial charge is 0.294 e. The van der Waals surface area contributed by atoms with Crippen LogP contribution in [-0.2, 0) is 6.42 Å². The van der Waals surface area contributed by atoms with Crippen LogP contribution in [-0.4, -0.2) is 11.2 Å². The van der Waals surface area contributed by atoms with Crippen LogP contribution in [0.1, 0.15) is 27.9 Å². The van der Waals surface area contributed by atoms with Gasteiger partial charge in [-0.05, 0) is 29.7 Å². The van der Waals surface area contributed by atoms with Crippen molar-refractivity contribution >= 4 is 23.4 Å². The van der Waals surface area contributed by atoms with E-state index in [1.165, 1.54) is 5.37 Å². The quantitative estimate of drug-likeness (QED) is 0.466. The number of thiocarbonyl (C=S) groups is 1. The fraction of sp³-hybridized carbons (Fsp3) is 0.125. The van der Waals surface area contributed by atoms with Crippen molar-refractivity contribution in [1.82, 2.24) is 0 Å². The van der Waals surface area contributed by atoms with Crippen LogP contribution in [0.5, 0.6) is 0 Å². The van der Waals surface area contributed by atoms with Gasteiger partial charge >= 0.3 is 0 Å². The Hall–Kier alpha value is -2.01. The summed E-state index contributed by atoms with van der Waals surface area (Å²) in [4.78, 5) is 12.0. The molecular formula is C16H11F3OS. The Bertz CT molecular complexity index is 657. The Morgan fingerprint density at radius 3 is 2.14 bits per heavy atom. The van der Waals surface area contributed by atoms with E-state index in [0.717, 1.165) is 17.7 Å². The normalized spacial score (nSPS) is 10.4. The average molecular weight is 308 g/mol. The molecule has 5 heteroatoms. The van der Waals surface area contributed by atoms with Gasteiger partial charge in [0.2, 0.25) is 0 Å². The zero-order valence-electron chi connectivity index (χ0n) is 10.9. The predicted octanol–water partition coefficient (Wildman–Crippen LogP) is 4.27. The molecule has 2 aromatic rings. The molecule has 21 heavy (non-hydrogen) atoms. The molecule has 0 aromatic heterocycles. The molecule has 1 nitrogen and oxygen atoms in total. The van der Waals surface area contributed by atoms with Gasteiger partial charge in [0.25, 0.3) is 0 Å². The van der Waals surface area contributed by atoms with E-state index in [4.69, 9.17) is 12.2 Å². The Labute approximate surface area is 125 Å². The summed E-state index contributed by atoms with van der Waals surface area (Å²) >= 11 is 4.77. The maximum absolute atomic E-state index is 13.1. The van der Waals surface area contributed by atoms with E-state index in [1.807, 2.05) is 0 Å². The fourth-order valence-corrected chi connectivity index (χ4v) is 2.06. The molecule has 0 N–H and O–H groups in total. The predicted molar refractivity (Wildman–Crippen MR) is 78.2 cm³/mol. The maximum Gasteiger partial charge on any atom is 0.194 e. The number of carbonyl (C=O) groups excluding carboxylic acids is 1. The van der Waals surface area contributed by atoms with Crippen molar-refractivity contribution in [3.63, 3.8) is 0 Å². The second-order valence-electron chi connectivity index (χ2n) is 4.54. The molecular weight excluding hydrogens is 297 g/mol. The highest BCUT2D eigenvalue weighted by atomic mass is 32.1. The number of hydrogen-bond acceptors (Lipinski definition) is 2. The van der Waals surface area contributed by atoms with Gasteiger partial charge in [-0.3, -0.25) is 4.79 Å². The second-order valence-corrected chi connectivity index (χ2v) is 4.77. The van der Waals surface area contributed by atoms with Crippen molar-refractivity contribution in [2.45, 2.75) is 12.8 Å². The summed E-state index contributed by atoms with van der Waals surface area (Å²) in [6.07, 6.45) is 0.226. The van der Waals surface area contributed by atoms with Crippen molar-refractivity contribution in [2.24, 2.45) is 0 Å². The van der Waals surface area contributed by atoms with Gasteiger partial charge < -0.3 is 0 Å². The van der Waals surface area contributed by atoms with E-state index >= 15 is 0 Å². The molecule has 0 aliphatic heterocycles. The molecule has 0 radical (unpaired) electrons. The van der Waals surface area contributed by atoms with Gasteiger partial charge in [-0.2, -0.15) is 0 Å². The van der Waals surface area contributed by atoms with Crippen molar-refractivity contribution in [3.8, 4) is 0 Å². The van der Waals surface area contributed by atoms with Crippen LogP contribution in [0, 0.1) is 17.5 Å². The number of Topliss-reactive ketones (excluding diaryl/α,β-unsaturated/α-hetero) is 1. The summed E-state index contributed by atoms with van der Waals surface area (Å²) in [6, 6.07) is 8.54. The zero-order chi connectivity index (χ0) is 15.4. The Morgan fingerprint density at radius 1 is 1.05 bits per heavy atom. The van der Waals surface area contributed by atoms with E-state index < -0.39 is 17.5 Å². The average Bonchev–Trinajstić information content (AvgIpc) is 2.50. The molecule has 2 rings (SSSR count). The monoisotopic (exact) mass is 308 g/mol. The number of hydrogen-bond donors (Lipinski definition) is 0. The first-order valence-electron chi connectivity index (χ1n) is 6.23. The summed E-state index contributed by atoms with van der Waals surface area (Å²) in [5.74, 6) is -4.15. The van der Waals surface area contributed by atoms with E-state index in [9.17, 15) is 18.0 Å². The smallest absolute Gasteiger partial charge is 0.194 e. The molecule has 0 bridgehead atoms. The minimum absolute atomic E-state index is 0.0848. The van der Waals surface area contributed by atoms with Crippen molar-refractivity contribution in [2.75, 3.05) is 0 Å². The van der Waals surface area contributed by atoms with Gasteiger partial charge in [0.05, 0.1) is 0 Å². The number of ketones is 1. The van der Waals surface area contributed by atoms with Crippen LogP contribution >= 0.6 is 12.2 Å². The van der Waals surface area contributed by atoms with E-state index in [1.54, 1.807) is 24.3 Å². The lowest BCUT2D eigenvalue weighted by atomic mass is 10.0. The summed E-state index contributed by atoms with van der Waals surface area (Å²) in [7, 11) is 0. The third-order valence-electron chi connectivity index (χ3n) is 3.05. The highest BCUT2D eigenvalue weighted by molar-refractivity contribution is 7.79. The lowest BCUT2D eigenvalue weighted by Crippen LogP contribution is -2.03. The minimum Gasteiger partial charge on any atom is -0.294 e. The lowest BCUT2D eigenvalue weighted by molar-refractivity contribution is 0.0982. The van der Waals surface area contributed by atoms with Gasteiger partial charge in [-0.25, -0.2) is 13.2 Å². The standard InChI is InChI=1S/C16H11F3OS/c17-13-7-11(8-14(18)16(13)19)3-6-15(20)12-4-1-10(9-21)2-5-12/h1-2,4-5,7-9H,3,6H2. The molecule has 0 fully saturated rings. The minimum atomic E-state index is -1.50. The molecule has 2 aromatic carbocycles. The highest BCUT2D eigenvalue weighted by Gasteiger charge is 2.12. The van der Waals surface area contributed by atoms with Gasteiger partial charge in [-0.15, -0.1) is 0 Å². The van der Waals surface area contributed by atoms with Crippen LogP contribution in [0.2, 0.25) is 0 Å². The van der Waals surface area contributed by atoms with Crippen molar-refractivity contribution < 1.29 is 18.0 Å².